The third kappa shape index (κ3) is 4.13. The second-order valence-corrected chi connectivity index (χ2v) is 9.10. The molecule has 2 heterocycles. The van der Waals surface area contributed by atoms with Gasteiger partial charge in [-0.15, -0.1) is 11.6 Å². The molecule has 6 heteroatoms. The Balaban J connectivity index is 1.51. The highest BCUT2D eigenvalue weighted by Gasteiger charge is 2.43. The van der Waals surface area contributed by atoms with Gasteiger partial charge >= 0.3 is 0 Å². The fourth-order valence-electron chi connectivity index (χ4n) is 4.63. The number of rotatable bonds is 3. The first-order valence-electron chi connectivity index (χ1n) is 9.24. The van der Waals surface area contributed by atoms with Crippen LogP contribution in [0.3, 0.4) is 0 Å². The molecule has 0 saturated carbocycles. The van der Waals surface area contributed by atoms with Crippen molar-refractivity contribution >= 4 is 29.0 Å². The summed E-state index contributed by atoms with van der Waals surface area (Å²) >= 11 is 12.0. The van der Waals surface area contributed by atoms with Crippen LogP contribution >= 0.6 is 23.2 Å². The fraction of sp³-hybridized carbons (Fsp3) is 0.737. The molecule has 0 aromatic heterocycles. The summed E-state index contributed by atoms with van der Waals surface area (Å²) in [6.45, 7) is 11.2. The second-order valence-electron chi connectivity index (χ2n) is 8.09. The smallest absolute Gasteiger partial charge is 0.222 e. The largest absolute Gasteiger partial charge is 0.320 e. The molecule has 3 rings (SSSR count). The average Bonchev–Trinajstić information content (AvgIpc) is 2.56. The van der Waals surface area contributed by atoms with E-state index in [0.29, 0.717) is 5.78 Å². The molecule has 2 saturated heterocycles. The fourth-order valence-corrected chi connectivity index (χ4v) is 5.10. The first kappa shape index (κ1) is 19.3. The molecule has 0 N–H and O–H groups in total. The van der Waals surface area contributed by atoms with Crippen molar-refractivity contribution < 1.29 is 13.7 Å². The van der Waals surface area contributed by atoms with Crippen molar-refractivity contribution in [2.24, 2.45) is 11.8 Å². The van der Waals surface area contributed by atoms with Gasteiger partial charge in [0.05, 0.1) is 38.0 Å². The number of hydrogen-bond acceptors (Lipinski definition) is 2. The highest BCUT2D eigenvalue weighted by Crippen LogP contribution is 2.37. The van der Waals surface area contributed by atoms with Crippen LogP contribution in [0.4, 0.5) is 4.39 Å². The number of ketones is 1. The van der Waals surface area contributed by atoms with Gasteiger partial charge in [-0.1, -0.05) is 37.6 Å². The summed E-state index contributed by atoms with van der Waals surface area (Å²) in [5, 5.41) is -2.77. The van der Waals surface area contributed by atoms with Crippen LogP contribution in [0.1, 0.15) is 20.3 Å². The minimum Gasteiger partial charge on any atom is -0.320 e. The lowest BCUT2D eigenvalue weighted by atomic mass is 9.87. The molecule has 0 radical (unpaired) electrons. The van der Waals surface area contributed by atoms with Crippen molar-refractivity contribution in [3.63, 3.8) is 0 Å². The van der Waals surface area contributed by atoms with Gasteiger partial charge in [-0.2, -0.15) is 0 Å². The van der Waals surface area contributed by atoms with Gasteiger partial charge in [0.2, 0.25) is 5.13 Å². The Morgan fingerprint density at radius 1 is 1.28 bits per heavy atom. The molecule has 2 aliphatic heterocycles. The van der Waals surface area contributed by atoms with Crippen molar-refractivity contribution in [3.05, 3.63) is 23.8 Å². The number of nitrogens with zero attached hydrogens (tertiary/aromatic N) is 2. The Morgan fingerprint density at radius 2 is 1.88 bits per heavy atom. The molecule has 3 aliphatic rings. The lowest BCUT2D eigenvalue weighted by Gasteiger charge is -2.49. The third-order valence-electron chi connectivity index (χ3n) is 6.08. The lowest BCUT2D eigenvalue weighted by Crippen LogP contribution is -2.66. The van der Waals surface area contributed by atoms with E-state index in [1.165, 1.54) is 6.08 Å². The first-order chi connectivity index (χ1) is 11.7. The minimum atomic E-state index is -1.98. The van der Waals surface area contributed by atoms with E-state index in [4.69, 9.17) is 23.2 Å². The molecule has 140 valence electrons. The standard InChI is InChI=1S/C19H28Cl2FN2O/c1-14-12-24(13-15(2)17(14)25)10-8-23(9-11-24)7-5-16-4-3-6-19(21,22)18(16)20/h3-4,6,14-15,18H,5,7-13H2,1-2H3/q+1. The van der Waals surface area contributed by atoms with Crippen LogP contribution < -0.4 is 0 Å². The summed E-state index contributed by atoms with van der Waals surface area (Å²) in [6, 6.07) is 0. The number of piperazine rings is 1. The number of piperidine rings is 1. The van der Waals surface area contributed by atoms with Crippen molar-refractivity contribution in [2.75, 3.05) is 45.8 Å². The molecule has 25 heavy (non-hydrogen) atoms. The van der Waals surface area contributed by atoms with Gasteiger partial charge in [0.25, 0.3) is 0 Å². The van der Waals surface area contributed by atoms with Crippen LogP contribution in [0, 0.1) is 11.8 Å². The highest BCUT2D eigenvalue weighted by atomic mass is 35.5. The summed E-state index contributed by atoms with van der Waals surface area (Å²) in [4.78, 5) is 14.5. The van der Waals surface area contributed by atoms with Crippen molar-refractivity contribution in [1.82, 2.24) is 4.90 Å². The number of carbonyl (C=O) groups excluding carboxylic acids is 1. The summed E-state index contributed by atoms with van der Waals surface area (Å²) in [5.41, 5.74) is 0.863. The minimum absolute atomic E-state index is 0.174. The van der Waals surface area contributed by atoms with Crippen LogP contribution in [-0.4, -0.2) is 71.5 Å². The Bertz CT molecular complexity index is 566. The van der Waals surface area contributed by atoms with Crippen LogP contribution in [0.25, 0.3) is 0 Å². The van der Waals surface area contributed by atoms with Crippen LogP contribution in [0.15, 0.2) is 23.8 Å². The Labute approximate surface area is 160 Å². The number of alkyl halides is 3. The molecular weight excluding hydrogens is 362 g/mol. The number of allylic oxidation sites excluding steroid dienone is 3. The number of halogens is 3. The molecule has 2 fully saturated rings. The molecule has 4 atom stereocenters. The Kier molecular flexibility index (Phi) is 5.65. The third-order valence-corrected chi connectivity index (χ3v) is 7.14. The van der Waals surface area contributed by atoms with Gasteiger partial charge in [0, 0.05) is 19.6 Å². The molecule has 4 unspecified atom stereocenters. The van der Waals surface area contributed by atoms with Crippen LogP contribution in [0.5, 0.6) is 0 Å². The van der Waals surface area contributed by atoms with E-state index in [0.717, 1.165) is 62.3 Å². The molecule has 0 amide bonds. The monoisotopic (exact) mass is 389 g/mol. The second kappa shape index (κ2) is 7.30. The zero-order valence-corrected chi connectivity index (χ0v) is 16.6. The van der Waals surface area contributed by atoms with Crippen molar-refractivity contribution in [2.45, 2.75) is 30.8 Å². The van der Waals surface area contributed by atoms with E-state index in [-0.39, 0.29) is 11.8 Å². The predicted octanol–water partition coefficient (Wildman–Crippen LogP) is 3.37. The maximum atomic E-state index is 14.1. The topological polar surface area (TPSA) is 20.3 Å². The molecule has 3 nitrogen and oxygen atoms in total. The van der Waals surface area contributed by atoms with Crippen molar-refractivity contribution in [1.29, 1.82) is 0 Å². The van der Waals surface area contributed by atoms with E-state index < -0.39 is 10.5 Å². The van der Waals surface area contributed by atoms with Gasteiger partial charge in [-0.3, -0.25) is 9.69 Å². The highest BCUT2D eigenvalue weighted by molar-refractivity contribution is 6.34. The van der Waals surface area contributed by atoms with Crippen molar-refractivity contribution in [3.8, 4) is 0 Å². The molecule has 0 aromatic carbocycles. The molecule has 0 bridgehead atoms. The Hall–Kier alpha value is -0.420. The number of Topliss-reactive ketones (excluding diaryl/α,β-unsaturated/α-hetero) is 1. The quantitative estimate of drug-likeness (QED) is 0.544. The van der Waals surface area contributed by atoms with E-state index in [9.17, 15) is 9.18 Å². The summed E-state index contributed by atoms with van der Waals surface area (Å²) < 4.78 is 15.2. The maximum absolute atomic E-state index is 14.1. The predicted molar refractivity (Wildman–Crippen MR) is 101 cm³/mol. The van der Waals surface area contributed by atoms with Gasteiger partial charge in [-0.05, 0) is 18.1 Å². The van der Waals surface area contributed by atoms with E-state index in [2.05, 4.69) is 18.7 Å². The number of carbonyl (C=O) groups is 1. The average molecular weight is 390 g/mol. The lowest BCUT2D eigenvalue weighted by molar-refractivity contribution is -0.938. The van der Waals surface area contributed by atoms with Gasteiger partial charge in [0.15, 0.2) is 0 Å². The van der Waals surface area contributed by atoms with E-state index in [1.807, 2.05) is 6.08 Å². The zero-order chi connectivity index (χ0) is 18.2. The van der Waals surface area contributed by atoms with E-state index in [1.54, 1.807) is 6.08 Å². The number of hydrogen-bond donors (Lipinski definition) is 0. The summed E-state index contributed by atoms with van der Waals surface area (Å²) in [5.74, 6) is 0.771. The zero-order valence-electron chi connectivity index (χ0n) is 15.1. The maximum Gasteiger partial charge on any atom is 0.222 e. The van der Waals surface area contributed by atoms with Gasteiger partial charge < -0.3 is 4.48 Å². The number of quaternary nitrogens is 1. The molecular formula is C19H28Cl2FN2O+. The first-order valence-corrected chi connectivity index (χ1v) is 10.1. The van der Waals surface area contributed by atoms with Gasteiger partial charge in [0.1, 0.15) is 11.2 Å². The van der Waals surface area contributed by atoms with Crippen LogP contribution in [0.2, 0.25) is 0 Å². The molecule has 1 aliphatic carbocycles. The summed E-state index contributed by atoms with van der Waals surface area (Å²) in [7, 11) is 0. The normalized spacial score (nSPS) is 38.8. The summed E-state index contributed by atoms with van der Waals surface area (Å²) in [6.07, 6.45) is 5.59. The SMILES string of the molecule is CC1C[N+]2(CCN(CCC3=CC=CC(F)(Cl)C3Cl)CC2)CC(C)C1=O. The van der Waals surface area contributed by atoms with E-state index >= 15 is 0 Å². The Morgan fingerprint density at radius 3 is 2.48 bits per heavy atom. The van der Waals surface area contributed by atoms with Crippen LogP contribution in [-0.2, 0) is 4.79 Å². The molecule has 1 spiro atoms. The van der Waals surface area contributed by atoms with Gasteiger partial charge in [-0.25, -0.2) is 4.39 Å². The molecule has 0 aromatic rings.